The van der Waals surface area contributed by atoms with Crippen molar-refractivity contribution in [3.8, 4) is 12.1 Å². The Bertz CT molecular complexity index is 960. The van der Waals surface area contributed by atoms with Crippen LogP contribution in [0.25, 0.3) is 6.08 Å². The Hall–Kier alpha value is -2.06. The second-order valence-corrected chi connectivity index (χ2v) is 6.98. The zero-order chi connectivity index (χ0) is 19.0. The van der Waals surface area contributed by atoms with E-state index in [1.165, 1.54) is 0 Å². The second-order valence-electron chi connectivity index (χ2n) is 4.36. The highest BCUT2D eigenvalue weighted by Crippen LogP contribution is 2.31. The molecule has 0 heterocycles. The number of nitriles is 2. The van der Waals surface area contributed by atoms with E-state index in [0.29, 0.717) is 0 Å². The van der Waals surface area contributed by atoms with E-state index in [1.54, 1.807) is 18.2 Å². The van der Waals surface area contributed by atoms with Crippen molar-refractivity contribution in [3.05, 3.63) is 68.7 Å². The summed E-state index contributed by atoms with van der Waals surface area (Å²) in [5.74, 6) is 0. The molecule has 0 saturated heterocycles. The van der Waals surface area contributed by atoms with E-state index in [4.69, 9.17) is 49.9 Å². The highest BCUT2D eigenvalue weighted by molar-refractivity contribution is 7.86. The minimum absolute atomic E-state index is 0.0127. The molecule has 0 aliphatic heterocycles. The van der Waals surface area contributed by atoms with E-state index >= 15 is 0 Å². The smallest absolute Gasteiger partial charge is 0.282 e. The monoisotopic (exact) mass is 414 g/mol. The third-order valence-corrected chi connectivity index (χ3v) is 4.64. The minimum Gasteiger partial charge on any atom is -0.282 e. The quantitative estimate of drug-likeness (QED) is 0.422. The molecule has 0 bridgehead atoms. The van der Waals surface area contributed by atoms with Crippen molar-refractivity contribution in [2.24, 2.45) is 0 Å². The number of halogens is 3. The summed E-state index contributed by atoms with van der Waals surface area (Å²) in [6, 6.07) is 15.0. The van der Waals surface area contributed by atoms with Crippen LogP contribution < -0.4 is 0 Å². The predicted octanol–water partition coefficient (Wildman–Crippen LogP) is 5.01. The van der Waals surface area contributed by atoms with E-state index in [2.05, 4.69) is 0 Å². The normalized spacial score (nSPS) is 9.84. The zero-order valence-corrected chi connectivity index (χ0v) is 15.4. The van der Waals surface area contributed by atoms with Crippen LogP contribution in [0.5, 0.6) is 0 Å². The minimum atomic E-state index is -4.35. The van der Waals surface area contributed by atoms with Gasteiger partial charge in [0.1, 0.15) is 22.6 Å². The van der Waals surface area contributed by atoms with Gasteiger partial charge >= 0.3 is 0 Å². The molecule has 0 amide bonds. The highest BCUT2D eigenvalue weighted by atomic mass is 35.5. The van der Waals surface area contributed by atoms with Crippen molar-refractivity contribution in [2.45, 2.75) is 4.90 Å². The van der Waals surface area contributed by atoms with E-state index in [0.717, 1.165) is 17.7 Å². The van der Waals surface area contributed by atoms with Gasteiger partial charge in [-0.3, -0.25) is 4.55 Å². The molecule has 0 saturated carbocycles. The molecule has 0 unspecified atom stereocenters. The molecule has 0 fully saturated rings. The van der Waals surface area contributed by atoms with Gasteiger partial charge in [-0.05, 0) is 23.8 Å². The first-order valence-electron chi connectivity index (χ1n) is 6.38. The van der Waals surface area contributed by atoms with Crippen LogP contribution in [-0.4, -0.2) is 13.0 Å². The van der Waals surface area contributed by atoms with E-state index in [9.17, 15) is 8.42 Å². The van der Waals surface area contributed by atoms with Crippen molar-refractivity contribution in [1.82, 2.24) is 0 Å². The Kier molecular flexibility index (Phi) is 7.92. The maximum absolute atomic E-state index is 10.7. The molecule has 9 heteroatoms. The number of nitrogens with zero attached hydrogens (tertiary/aromatic N) is 2. The summed E-state index contributed by atoms with van der Waals surface area (Å²) in [5.41, 5.74) is 0.997. The van der Waals surface area contributed by atoms with Gasteiger partial charge in [-0.25, -0.2) is 0 Å². The van der Waals surface area contributed by atoms with Crippen molar-refractivity contribution >= 4 is 51.0 Å². The van der Waals surface area contributed by atoms with Gasteiger partial charge in [0, 0.05) is 0 Å². The summed E-state index contributed by atoms with van der Waals surface area (Å²) in [7, 11) is -4.35. The predicted molar refractivity (Wildman–Crippen MR) is 96.9 cm³/mol. The fourth-order valence-electron chi connectivity index (χ4n) is 1.51. The van der Waals surface area contributed by atoms with Crippen LogP contribution in [0.3, 0.4) is 0 Å². The van der Waals surface area contributed by atoms with Crippen LogP contribution in [0.1, 0.15) is 5.56 Å². The topological polar surface area (TPSA) is 102 Å². The number of hydrogen-bond acceptors (Lipinski definition) is 4. The van der Waals surface area contributed by atoms with Crippen LogP contribution >= 0.6 is 34.8 Å². The summed E-state index contributed by atoms with van der Waals surface area (Å²) in [6.45, 7) is 0. The molecule has 1 N–H and O–H groups in total. The highest BCUT2D eigenvalue weighted by Gasteiger charge is 2.16. The average Bonchev–Trinajstić information content (AvgIpc) is 2.56. The van der Waals surface area contributed by atoms with E-state index in [1.807, 2.05) is 30.3 Å². The molecule has 0 aromatic heterocycles. The lowest BCUT2D eigenvalue weighted by Crippen LogP contribution is -1.98. The van der Waals surface area contributed by atoms with Crippen LogP contribution in [-0.2, 0) is 10.1 Å². The van der Waals surface area contributed by atoms with Gasteiger partial charge in [0.15, 0.2) is 0 Å². The molecule has 5 nitrogen and oxygen atoms in total. The lowest BCUT2D eigenvalue weighted by molar-refractivity contribution is 0.483. The number of benzene rings is 2. The van der Waals surface area contributed by atoms with Gasteiger partial charge in [0.25, 0.3) is 10.1 Å². The molecular weight excluding hydrogens is 407 g/mol. The Morgan fingerprint density at radius 1 is 0.960 bits per heavy atom. The maximum atomic E-state index is 10.7. The standard InChI is InChI=1S/C10H6N2.C6H3Cl3O3S/c11-7-10(8-12)6-9-4-2-1-3-5-9;7-3-1-5(9)6(2-4(3)8)13(10,11)12/h1-6H;1-2H,(H,10,11,12). The SMILES string of the molecule is N#CC(C#N)=Cc1ccccc1.O=S(=O)(O)c1cc(Cl)c(Cl)cc1Cl. The fraction of sp³-hybridized carbons (Fsp3) is 0. The largest absolute Gasteiger partial charge is 0.296 e. The van der Waals surface area contributed by atoms with Crippen molar-refractivity contribution < 1.29 is 13.0 Å². The Balaban J connectivity index is 0.000000251. The molecule has 2 aromatic rings. The van der Waals surface area contributed by atoms with E-state index in [-0.39, 0.29) is 20.6 Å². The third kappa shape index (κ3) is 6.75. The zero-order valence-electron chi connectivity index (χ0n) is 12.3. The summed E-state index contributed by atoms with van der Waals surface area (Å²) >= 11 is 16.6. The van der Waals surface area contributed by atoms with Gasteiger partial charge in [0.05, 0.1) is 15.1 Å². The Morgan fingerprint density at radius 3 is 1.96 bits per heavy atom. The second kappa shape index (κ2) is 9.43. The molecule has 0 spiro atoms. The summed E-state index contributed by atoms with van der Waals surface area (Å²) in [4.78, 5) is -0.455. The number of hydrogen-bond donors (Lipinski definition) is 1. The third-order valence-electron chi connectivity index (χ3n) is 2.60. The van der Waals surface area contributed by atoms with Crippen LogP contribution in [0.2, 0.25) is 15.1 Å². The first-order valence-corrected chi connectivity index (χ1v) is 8.95. The van der Waals surface area contributed by atoms with Gasteiger partial charge < -0.3 is 0 Å². The molecular formula is C16H9Cl3N2O3S. The fourth-order valence-corrected chi connectivity index (χ4v) is 2.98. The lowest BCUT2D eigenvalue weighted by atomic mass is 10.1. The number of allylic oxidation sites excluding steroid dienone is 1. The summed E-state index contributed by atoms with van der Waals surface area (Å²) in [6.07, 6.45) is 1.56. The average molecular weight is 416 g/mol. The molecule has 0 atom stereocenters. The molecule has 0 aliphatic rings. The van der Waals surface area contributed by atoms with Gasteiger partial charge in [-0.1, -0.05) is 65.1 Å². The first-order chi connectivity index (χ1) is 11.7. The molecule has 25 heavy (non-hydrogen) atoms. The van der Waals surface area contributed by atoms with E-state index < -0.39 is 15.0 Å². The first kappa shape index (κ1) is 21.0. The molecule has 2 rings (SSSR count). The molecule has 128 valence electrons. The molecule has 0 aliphatic carbocycles. The van der Waals surface area contributed by atoms with Gasteiger partial charge in [-0.2, -0.15) is 18.9 Å². The molecule has 0 radical (unpaired) electrons. The van der Waals surface area contributed by atoms with Gasteiger partial charge in [0.2, 0.25) is 0 Å². The summed E-state index contributed by atoms with van der Waals surface area (Å²) < 4.78 is 30.0. The van der Waals surface area contributed by atoms with Crippen molar-refractivity contribution in [1.29, 1.82) is 10.5 Å². The van der Waals surface area contributed by atoms with Crippen molar-refractivity contribution in [3.63, 3.8) is 0 Å². The summed E-state index contributed by atoms with van der Waals surface area (Å²) in [5, 5.41) is 16.9. The van der Waals surface area contributed by atoms with Gasteiger partial charge in [-0.15, -0.1) is 0 Å². The van der Waals surface area contributed by atoms with Crippen molar-refractivity contribution in [2.75, 3.05) is 0 Å². The maximum Gasteiger partial charge on any atom is 0.296 e. The Morgan fingerprint density at radius 2 is 1.48 bits per heavy atom. The van der Waals surface area contributed by atoms with Crippen LogP contribution in [0.4, 0.5) is 0 Å². The lowest BCUT2D eigenvalue weighted by Gasteiger charge is -2.02. The Labute approximate surface area is 160 Å². The van der Waals surface area contributed by atoms with Crippen LogP contribution in [0, 0.1) is 22.7 Å². The van der Waals surface area contributed by atoms with Crippen LogP contribution in [0.15, 0.2) is 52.9 Å². The molecule has 2 aromatic carbocycles. The number of rotatable bonds is 2.